The number of hydrogen-bond donors (Lipinski definition) is 2. The third-order valence-electron chi connectivity index (χ3n) is 3.48. The molecule has 0 amide bonds. The number of aliphatic hydroxyl groups is 1. The molecule has 1 aromatic carbocycles. The quantitative estimate of drug-likeness (QED) is 0.674. The van der Waals surface area contributed by atoms with Gasteiger partial charge in [-0.25, -0.2) is 0 Å². The summed E-state index contributed by atoms with van der Waals surface area (Å²) >= 11 is 0. The van der Waals surface area contributed by atoms with Crippen LogP contribution in [0.5, 0.6) is 5.75 Å². The highest BCUT2D eigenvalue weighted by molar-refractivity contribution is 5.28. The van der Waals surface area contributed by atoms with E-state index in [1.807, 2.05) is 32.0 Å². The summed E-state index contributed by atoms with van der Waals surface area (Å²) in [4.78, 5) is 0. The van der Waals surface area contributed by atoms with Crippen molar-refractivity contribution in [1.29, 1.82) is 0 Å². The highest BCUT2D eigenvalue weighted by Crippen LogP contribution is 2.19. The Labute approximate surface area is 117 Å². The molecule has 0 atom stereocenters. The van der Waals surface area contributed by atoms with Crippen molar-refractivity contribution in [2.24, 2.45) is 0 Å². The van der Waals surface area contributed by atoms with Gasteiger partial charge >= 0.3 is 0 Å². The third-order valence-corrected chi connectivity index (χ3v) is 3.48. The van der Waals surface area contributed by atoms with Gasteiger partial charge in [0.15, 0.2) is 0 Å². The molecule has 1 aromatic rings. The van der Waals surface area contributed by atoms with Crippen molar-refractivity contribution >= 4 is 0 Å². The third kappa shape index (κ3) is 5.62. The van der Waals surface area contributed by atoms with Crippen LogP contribution < -0.4 is 10.1 Å². The highest BCUT2D eigenvalue weighted by atomic mass is 16.5. The van der Waals surface area contributed by atoms with Crippen LogP contribution in [-0.4, -0.2) is 23.9 Å². The first-order valence-corrected chi connectivity index (χ1v) is 7.28. The highest BCUT2D eigenvalue weighted by Gasteiger charge is 2.22. The summed E-state index contributed by atoms with van der Waals surface area (Å²) in [5.41, 5.74) is 0.499. The zero-order valence-corrected chi connectivity index (χ0v) is 12.4. The van der Waals surface area contributed by atoms with E-state index >= 15 is 0 Å². The van der Waals surface area contributed by atoms with E-state index in [1.165, 1.54) is 5.56 Å². The van der Waals surface area contributed by atoms with Gasteiger partial charge in [-0.05, 0) is 43.5 Å². The minimum absolute atomic E-state index is 0.353. The first-order valence-electron chi connectivity index (χ1n) is 7.28. The molecule has 0 bridgehead atoms. The molecule has 2 N–H and O–H groups in total. The summed E-state index contributed by atoms with van der Waals surface area (Å²) in [6, 6.07) is 8.06. The van der Waals surface area contributed by atoms with Crippen molar-refractivity contribution in [2.45, 2.75) is 52.2 Å². The second kappa shape index (κ2) is 8.18. The molecule has 0 aliphatic carbocycles. The van der Waals surface area contributed by atoms with Crippen molar-refractivity contribution in [3.05, 3.63) is 29.8 Å². The Balaban J connectivity index is 2.52. The van der Waals surface area contributed by atoms with Gasteiger partial charge in [0.2, 0.25) is 0 Å². The van der Waals surface area contributed by atoms with Crippen molar-refractivity contribution in [1.82, 2.24) is 5.32 Å². The van der Waals surface area contributed by atoms with Crippen LogP contribution in [-0.2, 0) is 6.54 Å². The fourth-order valence-corrected chi connectivity index (χ4v) is 1.83. The molecule has 0 saturated carbocycles. The molecular formula is C16H27NO2. The average Bonchev–Trinajstić information content (AvgIpc) is 2.46. The van der Waals surface area contributed by atoms with E-state index in [0.717, 1.165) is 25.3 Å². The van der Waals surface area contributed by atoms with Crippen molar-refractivity contribution in [3.63, 3.8) is 0 Å². The largest absolute Gasteiger partial charge is 0.491 e. The Morgan fingerprint density at radius 2 is 1.95 bits per heavy atom. The second-order valence-electron chi connectivity index (χ2n) is 5.04. The maximum Gasteiger partial charge on any atom is 0.119 e. The van der Waals surface area contributed by atoms with Crippen LogP contribution in [0.2, 0.25) is 0 Å². The van der Waals surface area contributed by atoms with Crippen LogP contribution in [0.3, 0.4) is 0 Å². The maximum absolute atomic E-state index is 10.2. The Morgan fingerprint density at radius 1 is 1.21 bits per heavy atom. The number of benzene rings is 1. The normalized spacial score (nSPS) is 11.6. The van der Waals surface area contributed by atoms with Gasteiger partial charge < -0.3 is 15.2 Å². The second-order valence-corrected chi connectivity index (χ2v) is 5.04. The zero-order valence-electron chi connectivity index (χ0n) is 12.4. The van der Waals surface area contributed by atoms with E-state index in [2.05, 4.69) is 18.3 Å². The number of ether oxygens (including phenoxy) is 1. The van der Waals surface area contributed by atoms with Gasteiger partial charge in [0, 0.05) is 6.54 Å². The number of nitrogens with one attached hydrogen (secondary N) is 1. The van der Waals surface area contributed by atoms with Crippen LogP contribution in [0.15, 0.2) is 24.3 Å². The lowest BCUT2D eigenvalue weighted by Gasteiger charge is -2.25. The molecule has 0 heterocycles. The van der Waals surface area contributed by atoms with Gasteiger partial charge in [-0.15, -0.1) is 0 Å². The lowest BCUT2D eigenvalue weighted by molar-refractivity contribution is -0.0113. The minimum atomic E-state index is -0.712. The Morgan fingerprint density at radius 3 is 2.58 bits per heavy atom. The van der Waals surface area contributed by atoms with E-state index in [9.17, 15) is 5.11 Å². The number of rotatable bonds is 9. The molecule has 0 aromatic heterocycles. The molecule has 3 heteroatoms. The molecule has 1 rings (SSSR count). The van der Waals surface area contributed by atoms with Crippen molar-refractivity contribution in [2.75, 3.05) is 13.2 Å². The van der Waals surface area contributed by atoms with Gasteiger partial charge in [-0.2, -0.15) is 0 Å². The Kier molecular flexibility index (Phi) is 6.89. The molecular weight excluding hydrogens is 238 g/mol. The topological polar surface area (TPSA) is 41.5 Å². The van der Waals surface area contributed by atoms with Gasteiger partial charge in [-0.1, -0.05) is 32.9 Å². The summed E-state index contributed by atoms with van der Waals surface area (Å²) in [6.07, 6.45) is 2.55. The van der Waals surface area contributed by atoms with Crippen molar-refractivity contribution in [3.8, 4) is 5.75 Å². The maximum atomic E-state index is 10.2. The van der Waals surface area contributed by atoms with Gasteiger partial charge in [-0.3, -0.25) is 0 Å². The molecule has 19 heavy (non-hydrogen) atoms. The monoisotopic (exact) mass is 265 g/mol. The predicted molar refractivity (Wildman–Crippen MR) is 79.5 cm³/mol. The Bertz CT molecular complexity index is 362. The predicted octanol–water partition coefficient (Wildman–Crippen LogP) is 3.12. The molecule has 108 valence electrons. The van der Waals surface area contributed by atoms with Crippen LogP contribution in [0.25, 0.3) is 0 Å². The molecule has 0 fully saturated rings. The van der Waals surface area contributed by atoms with Crippen LogP contribution in [0, 0.1) is 0 Å². The van der Waals surface area contributed by atoms with Gasteiger partial charge in [0.05, 0.1) is 5.60 Å². The molecule has 0 saturated heterocycles. The van der Waals surface area contributed by atoms with Gasteiger partial charge in [0.25, 0.3) is 0 Å². The molecule has 0 spiro atoms. The van der Waals surface area contributed by atoms with E-state index in [0.29, 0.717) is 19.4 Å². The summed E-state index contributed by atoms with van der Waals surface area (Å²) in [7, 11) is 0. The van der Waals surface area contributed by atoms with E-state index in [1.54, 1.807) is 0 Å². The summed E-state index contributed by atoms with van der Waals surface area (Å²) in [5, 5.41) is 13.6. The molecule has 0 aliphatic heterocycles. The van der Waals surface area contributed by atoms with Crippen LogP contribution in [0.1, 0.15) is 45.6 Å². The molecule has 0 radical (unpaired) electrons. The summed E-state index contributed by atoms with van der Waals surface area (Å²) in [5.74, 6) is 0.830. The van der Waals surface area contributed by atoms with Gasteiger partial charge in [0.1, 0.15) is 12.4 Å². The van der Waals surface area contributed by atoms with Crippen LogP contribution in [0.4, 0.5) is 0 Å². The Hall–Kier alpha value is -1.06. The lowest BCUT2D eigenvalue weighted by Crippen LogP contribution is -2.34. The first-order chi connectivity index (χ1) is 9.13. The minimum Gasteiger partial charge on any atom is -0.491 e. The molecule has 0 unspecified atom stereocenters. The van der Waals surface area contributed by atoms with E-state index in [4.69, 9.17) is 4.74 Å². The standard InChI is InChI=1S/C16H27NO2/c1-4-10-17-12-14-8-7-9-15(11-14)19-13-16(18,5-2)6-3/h7-9,11,17-18H,4-6,10,12-13H2,1-3H3. The fourth-order valence-electron chi connectivity index (χ4n) is 1.83. The zero-order chi connectivity index (χ0) is 14.1. The SMILES string of the molecule is CCCNCc1cccc(OCC(O)(CC)CC)c1. The fraction of sp³-hybridized carbons (Fsp3) is 0.625. The van der Waals surface area contributed by atoms with Crippen LogP contribution >= 0.6 is 0 Å². The first kappa shape index (κ1) is 16.0. The smallest absolute Gasteiger partial charge is 0.119 e. The molecule has 0 aliphatic rings. The lowest BCUT2D eigenvalue weighted by atomic mass is 9.99. The van der Waals surface area contributed by atoms with E-state index in [-0.39, 0.29) is 0 Å². The molecule has 3 nitrogen and oxygen atoms in total. The van der Waals surface area contributed by atoms with Crippen molar-refractivity contribution < 1.29 is 9.84 Å². The number of hydrogen-bond acceptors (Lipinski definition) is 3. The summed E-state index contributed by atoms with van der Waals surface area (Å²) < 4.78 is 5.72. The summed E-state index contributed by atoms with van der Waals surface area (Å²) in [6.45, 7) is 8.36. The van der Waals surface area contributed by atoms with E-state index < -0.39 is 5.60 Å². The average molecular weight is 265 g/mol.